The minimum absolute atomic E-state index is 0.213. The first-order chi connectivity index (χ1) is 8.64. The lowest BCUT2D eigenvalue weighted by Gasteiger charge is -2.06. The highest BCUT2D eigenvalue weighted by molar-refractivity contribution is 7.89. The Morgan fingerprint density at radius 1 is 1.28 bits per heavy atom. The first-order valence-corrected chi connectivity index (χ1v) is 8.92. The monoisotopic (exact) mass is 290 g/mol. The third-order valence-corrected chi connectivity index (χ3v) is 4.66. The highest BCUT2D eigenvalue weighted by Crippen LogP contribution is 2.06. The van der Waals surface area contributed by atoms with Crippen LogP contribution in [0.15, 0.2) is 16.8 Å². The van der Waals surface area contributed by atoms with Crippen LogP contribution in [0.5, 0.6) is 0 Å². The fourth-order valence-corrected chi connectivity index (χ4v) is 3.29. The Balaban J connectivity index is 2.12. The van der Waals surface area contributed by atoms with Gasteiger partial charge in [0.2, 0.25) is 10.0 Å². The van der Waals surface area contributed by atoms with Gasteiger partial charge in [0.25, 0.3) is 0 Å². The molecule has 18 heavy (non-hydrogen) atoms. The standard InChI is InChI=1S/C12H22N2O2S2/c1-2-6-13-7-3-4-9-18(15,16)14-10-12-5-8-17-11-12/h5,8,11,13-14H,2-4,6-7,9-10H2,1H3. The van der Waals surface area contributed by atoms with E-state index in [2.05, 4.69) is 17.0 Å². The van der Waals surface area contributed by atoms with Crippen LogP contribution in [-0.4, -0.2) is 27.3 Å². The smallest absolute Gasteiger partial charge is 0.211 e. The zero-order valence-electron chi connectivity index (χ0n) is 10.8. The molecule has 0 saturated carbocycles. The highest BCUT2D eigenvalue weighted by Gasteiger charge is 2.09. The summed E-state index contributed by atoms with van der Waals surface area (Å²) >= 11 is 1.58. The molecule has 0 aliphatic carbocycles. The second-order valence-electron chi connectivity index (χ2n) is 4.23. The molecule has 0 bridgehead atoms. The van der Waals surface area contributed by atoms with Crippen LogP contribution in [0.1, 0.15) is 31.7 Å². The Labute approximate surface area is 114 Å². The van der Waals surface area contributed by atoms with Crippen molar-refractivity contribution < 1.29 is 8.42 Å². The van der Waals surface area contributed by atoms with Crippen molar-refractivity contribution in [2.45, 2.75) is 32.7 Å². The maximum Gasteiger partial charge on any atom is 0.211 e. The van der Waals surface area contributed by atoms with E-state index in [1.807, 2.05) is 16.8 Å². The van der Waals surface area contributed by atoms with Gasteiger partial charge in [-0.3, -0.25) is 0 Å². The molecule has 0 amide bonds. The molecule has 104 valence electrons. The molecule has 0 radical (unpaired) electrons. The molecule has 0 unspecified atom stereocenters. The highest BCUT2D eigenvalue weighted by atomic mass is 32.2. The molecule has 2 N–H and O–H groups in total. The summed E-state index contributed by atoms with van der Waals surface area (Å²) < 4.78 is 26.0. The molecule has 0 fully saturated rings. The molecule has 0 aromatic carbocycles. The predicted octanol–water partition coefficient (Wildman–Crippen LogP) is 1.95. The van der Waals surface area contributed by atoms with Gasteiger partial charge in [0, 0.05) is 6.54 Å². The van der Waals surface area contributed by atoms with Crippen molar-refractivity contribution in [3.63, 3.8) is 0 Å². The van der Waals surface area contributed by atoms with Crippen molar-refractivity contribution in [2.75, 3.05) is 18.8 Å². The van der Waals surface area contributed by atoms with Crippen LogP contribution in [0.2, 0.25) is 0 Å². The van der Waals surface area contributed by atoms with Gasteiger partial charge in [-0.1, -0.05) is 6.92 Å². The molecule has 1 aromatic heterocycles. The van der Waals surface area contributed by atoms with E-state index >= 15 is 0 Å². The Kier molecular flexibility index (Phi) is 7.50. The molecule has 0 atom stereocenters. The largest absolute Gasteiger partial charge is 0.317 e. The van der Waals surface area contributed by atoms with Crippen molar-refractivity contribution in [1.29, 1.82) is 0 Å². The predicted molar refractivity (Wildman–Crippen MR) is 77.3 cm³/mol. The van der Waals surface area contributed by atoms with Crippen LogP contribution in [-0.2, 0) is 16.6 Å². The summed E-state index contributed by atoms with van der Waals surface area (Å²) in [6, 6.07) is 1.93. The van der Waals surface area contributed by atoms with Crippen LogP contribution >= 0.6 is 11.3 Å². The normalized spacial score (nSPS) is 11.8. The molecule has 1 heterocycles. The van der Waals surface area contributed by atoms with Crippen molar-refractivity contribution in [1.82, 2.24) is 10.0 Å². The molecule has 0 aliphatic heterocycles. The van der Waals surface area contributed by atoms with Crippen LogP contribution < -0.4 is 10.0 Å². The van der Waals surface area contributed by atoms with Gasteiger partial charge in [0.15, 0.2) is 0 Å². The summed E-state index contributed by atoms with van der Waals surface area (Å²) in [5, 5.41) is 7.16. The van der Waals surface area contributed by atoms with E-state index in [1.165, 1.54) is 0 Å². The molecular weight excluding hydrogens is 268 g/mol. The number of hydrogen-bond acceptors (Lipinski definition) is 4. The van der Waals surface area contributed by atoms with E-state index in [4.69, 9.17) is 0 Å². The maximum atomic E-state index is 11.7. The fraction of sp³-hybridized carbons (Fsp3) is 0.667. The molecule has 0 spiro atoms. The van der Waals surface area contributed by atoms with Crippen molar-refractivity contribution >= 4 is 21.4 Å². The van der Waals surface area contributed by atoms with Crippen LogP contribution in [0.4, 0.5) is 0 Å². The second kappa shape index (κ2) is 8.63. The lowest BCUT2D eigenvalue weighted by Crippen LogP contribution is -2.26. The quantitative estimate of drug-likeness (QED) is 0.648. The lowest BCUT2D eigenvalue weighted by molar-refractivity contribution is 0.572. The average molecular weight is 290 g/mol. The molecule has 1 rings (SSSR count). The summed E-state index contributed by atoms with van der Waals surface area (Å²) in [6.45, 7) is 4.42. The molecule has 4 nitrogen and oxygen atoms in total. The van der Waals surface area contributed by atoms with Gasteiger partial charge in [-0.15, -0.1) is 0 Å². The maximum absolute atomic E-state index is 11.7. The van der Waals surface area contributed by atoms with E-state index < -0.39 is 10.0 Å². The topological polar surface area (TPSA) is 58.2 Å². The van der Waals surface area contributed by atoms with Gasteiger partial charge in [-0.25, -0.2) is 13.1 Å². The van der Waals surface area contributed by atoms with E-state index in [-0.39, 0.29) is 5.75 Å². The summed E-state index contributed by atoms with van der Waals surface area (Å²) in [4.78, 5) is 0. The number of nitrogens with one attached hydrogen (secondary N) is 2. The minimum Gasteiger partial charge on any atom is -0.317 e. The van der Waals surface area contributed by atoms with Crippen molar-refractivity contribution in [3.8, 4) is 0 Å². The Morgan fingerprint density at radius 3 is 2.78 bits per heavy atom. The molecule has 0 saturated heterocycles. The number of rotatable bonds is 10. The fourth-order valence-electron chi connectivity index (χ4n) is 1.50. The molecular formula is C12H22N2O2S2. The zero-order valence-corrected chi connectivity index (χ0v) is 12.4. The van der Waals surface area contributed by atoms with Crippen molar-refractivity contribution in [2.24, 2.45) is 0 Å². The average Bonchev–Trinajstić information content (AvgIpc) is 2.84. The third kappa shape index (κ3) is 7.10. The Bertz CT molecular complexity index is 402. The summed E-state index contributed by atoms with van der Waals surface area (Å²) in [5.41, 5.74) is 1.02. The number of sulfonamides is 1. The molecule has 0 aliphatic rings. The number of hydrogen-bond donors (Lipinski definition) is 2. The van der Waals surface area contributed by atoms with E-state index in [0.29, 0.717) is 13.0 Å². The summed E-state index contributed by atoms with van der Waals surface area (Å²) in [6.07, 6.45) is 2.72. The lowest BCUT2D eigenvalue weighted by atomic mass is 10.3. The van der Waals surface area contributed by atoms with Crippen molar-refractivity contribution in [3.05, 3.63) is 22.4 Å². The number of unbranched alkanes of at least 4 members (excludes halogenated alkanes) is 1. The minimum atomic E-state index is -3.12. The third-order valence-electron chi connectivity index (χ3n) is 2.52. The van der Waals surface area contributed by atoms with Crippen LogP contribution in [0.25, 0.3) is 0 Å². The summed E-state index contributed by atoms with van der Waals surface area (Å²) in [5.74, 6) is 0.213. The van der Waals surface area contributed by atoms with Crippen LogP contribution in [0, 0.1) is 0 Å². The Hall–Kier alpha value is -0.430. The van der Waals surface area contributed by atoms with E-state index in [1.54, 1.807) is 11.3 Å². The SMILES string of the molecule is CCCNCCCCS(=O)(=O)NCc1ccsc1. The zero-order chi connectivity index (χ0) is 13.3. The number of thiophene rings is 1. The van der Waals surface area contributed by atoms with Gasteiger partial charge in [-0.05, 0) is 54.7 Å². The van der Waals surface area contributed by atoms with Gasteiger partial charge in [-0.2, -0.15) is 11.3 Å². The van der Waals surface area contributed by atoms with E-state index in [9.17, 15) is 8.42 Å². The van der Waals surface area contributed by atoms with E-state index in [0.717, 1.165) is 31.5 Å². The van der Waals surface area contributed by atoms with Gasteiger partial charge in [0.1, 0.15) is 0 Å². The first-order valence-electron chi connectivity index (χ1n) is 6.33. The van der Waals surface area contributed by atoms with Crippen LogP contribution in [0.3, 0.4) is 0 Å². The van der Waals surface area contributed by atoms with Gasteiger partial charge < -0.3 is 5.32 Å². The molecule has 6 heteroatoms. The second-order valence-corrected chi connectivity index (χ2v) is 6.94. The van der Waals surface area contributed by atoms with Gasteiger partial charge in [0.05, 0.1) is 5.75 Å². The Morgan fingerprint density at radius 2 is 2.11 bits per heavy atom. The molecule has 1 aromatic rings. The van der Waals surface area contributed by atoms with Gasteiger partial charge >= 0.3 is 0 Å². The summed E-state index contributed by atoms with van der Waals surface area (Å²) in [7, 11) is -3.12. The first kappa shape index (κ1) is 15.6.